The number of carbonyl (C=O) groups is 3. The predicted molar refractivity (Wildman–Crippen MR) is 118 cm³/mol. The number of carboxylic acids is 1. The van der Waals surface area contributed by atoms with Crippen LogP contribution in [0.25, 0.3) is 11.1 Å². The molecule has 170 valence electrons. The molecule has 0 aromatic heterocycles. The Morgan fingerprint density at radius 2 is 1.66 bits per heavy atom. The van der Waals surface area contributed by atoms with E-state index in [-0.39, 0.29) is 38.5 Å². The molecule has 8 nitrogen and oxygen atoms in total. The maximum atomic E-state index is 12.7. The van der Waals surface area contributed by atoms with Crippen LogP contribution in [0.2, 0.25) is 0 Å². The smallest absolute Gasteiger partial charge is 0.407 e. The third-order valence-electron chi connectivity index (χ3n) is 5.58. The Balaban J connectivity index is 1.64. The Morgan fingerprint density at radius 1 is 1.06 bits per heavy atom. The van der Waals surface area contributed by atoms with E-state index in [4.69, 9.17) is 14.6 Å². The van der Waals surface area contributed by atoms with Crippen LogP contribution in [0.1, 0.15) is 29.9 Å². The number of hydrogen-bond acceptors (Lipinski definition) is 5. The number of aliphatic carboxylic acids is 1. The number of methoxy groups -OCH3 is 1. The molecule has 0 bridgehead atoms. The van der Waals surface area contributed by atoms with Crippen molar-refractivity contribution >= 4 is 18.0 Å². The lowest BCUT2D eigenvalue weighted by Crippen LogP contribution is -2.48. The molecule has 1 aliphatic rings. The fourth-order valence-corrected chi connectivity index (χ4v) is 3.91. The zero-order valence-corrected chi connectivity index (χ0v) is 18.2. The van der Waals surface area contributed by atoms with Gasteiger partial charge in [0.15, 0.2) is 0 Å². The summed E-state index contributed by atoms with van der Waals surface area (Å²) in [5.41, 5.74) is 4.46. The molecule has 2 amide bonds. The fourth-order valence-electron chi connectivity index (χ4n) is 3.91. The maximum absolute atomic E-state index is 12.7. The number of nitrogens with zero attached hydrogens (tertiary/aromatic N) is 1. The summed E-state index contributed by atoms with van der Waals surface area (Å²) in [6.45, 7) is 0.441. The van der Waals surface area contributed by atoms with Crippen molar-refractivity contribution in [2.24, 2.45) is 0 Å². The van der Waals surface area contributed by atoms with Gasteiger partial charge in [-0.2, -0.15) is 0 Å². The van der Waals surface area contributed by atoms with Crippen LogP contribution in [0, 0.1) is 0 Å². The van der Waals surface area contributed by atoms with Crippen LogP contribution in [0.5, 0.6) is 0 Å². The highest BCUT2D eigenvalue weighted by molar-refractivity contribution is 5.86. The molecule has 2 aromatic rings. The van der Waals surface area contributed by atoms with E-state index in [1.807, 2.05) is 36.4 Å². The monoisotopic (exact) mass is 440 g/mol. The lowest BCUT2D eigenvalue weighted by molar-refractivity contribution is -0.138. The fraction of sp³-hybridized carbons (Fsp3) is 0.375. The molecule has 2 aromatic carbocycles. The highest BCUT2D eigenvalue weighted by Gasteiger charge is 2.30. The average molecular weight is 440 g/mol. The molecule has 0 heterocycles. The third kappa shape index (κ3) is 5.45. The van der Waals surface area contributed by atoms with E-state index in [1.165, 1.54) is 19.1 Å². The molecular weight excluding hydrogens is 412 g/mol. The number of nitrogens with one attached hydrogen (secondary N) is 1. The molecule has 0 saturated carbocycles. The number of ether oxygens (including phenoxy) is 2. The molecule has 1 atom stereocenters. The van der Waals surface area contributed by atoms with Crippen molar-refractivity contribution in [3.05, 3.63) is 59.7 Å². The van der Waals surface area contributed by atoms with Crippen molar-refractivity contribution in [2.45, 2.75) is 24.8 Å². The summed E-state index contributed by atoms with van der Waals surface area (Å²) in [7, 11) is 3.01. The van der Waals surface area contributed by atoms with Gasteiger partial charge in [0.2, 0.25) is 5.91 Å². The number of hydrogen-bond donors (Lipinski definition) is 2. The SMILES string of the molecule is COCCC(NC(=O)OCC1c2ccccc2-c2ccccc21)C(=O)N(C)CCC(=O)O. The molecule has 0 aliphatic heterocycles. The molecule has 3 rings (SSSR count). The first kappa shape index (κ1) is 23.3. The number of benzene rings is 2. The lowest BCUT2D eigenvalue weighted by Gasteiger charge is -2.24. The normalized spacial score (nSPS) is 13.1. The Bertz CT molecular complexity index is 931. The summed E-state index contributed by atoms with van der Waals surface area (Å²) >= 11 is 0. The zero-order valence-electron chi connectivity index (χ0n) is 18.2. The second-order valence-corrected chi connectivity index (χ2v) is 7.71. The molecule has 0 saturated heterocycles. The molecule has 0 radical (unpaired) electrons. The summed E-state index contributed by atoms with van der Waals surface area (Å²) in [6.07, 6.45) is -0.630. The molecule has 0 fully saturated rings. The minimum Gasteiger partial charge on any atom is -0.481 e. The molecule has 8 heteroatoms. The number of amides is 2. The van der Waals surface area contributed by atoms with Gasteiger partial charge < -0.3 is 24.8 Å². The van der Waals surface area contributed by atoms with Crippen molar-refractivity contribution in [1.82, 2.24) is 10.2 Å². The van der Waals surface area contributed by atoms with E-state index in [2.05, 4.69) is 17.4 Å². The van der Waals surface area contributed by atoms with Crippen LogP contribution in [0.3, 0.4) is 0 Å². The van der Waals surface area contributed by atoms with Gasteiger partial charge in [-0.1, -0.05) is 48.5 Å². The van der Waals surface area contributed by atoms with Gasteiger partial charge in [-0.05, 0) is 22.3 Å². The van der Waals surface area contributed by atoms with E-state index >= 15 is 0 Å². The van der Waals surface area contributed by atoms with Gasteiger partial charge in [0.05, 0.1) is 6.42 Å². The molecule has 1 unspecified atom stereocenters. The van der Waals surface area contributed by atoms with Gasteiger partial charge in [-0.3, -0.25) is 9.59 Å². The maximum Gasteiger partial charge on any atom is 0.407 e. The van der Waals surface area contributed by atoms with Crippen molar-refractivity contribution in [3.63, 3.8) is 0 Å². The standard InChI is InChI=1S/C24H28N2O6/c1-26(13-11-22(27)28)23(29)21(12-14-31-2)25-24(30)32-15-20-18-9-5-3-7-16(18)17-8-4-6-10-19(17)20/h3-10,20-21H,11-15H2,1-2H3,(H,25,30)(H,27,28). The number of likely N-dealkylation sites (N-methyl/N-ethyl adjacent to an activating group) is 1. The highest BCUT2D eigenvalue weighted by Crippen LogP contribution is 2.44. The summed E-state index contributed by atoms with van der Waals surface area (Å²) in [4.78, 5) is 37.3. The largest absolute Gasteiger partial charge is 0.481 e. The highest BCUT2D eigenvalue weighted by atomic mass is 16.5. The second kappa shape index (κ2) is 10.8. The molecule has 32 heavy (non-hydrogen) atoms. The van der Waals surface area contributed by atoms with Gasteiger partial charge in [-0.15, -0.1) is 0 Å². The number of carbonyl (C=O) groups excluding carboxylic acids is 2. The van der Waals surface area contributed by atoms with Crippen molar-refractivity contribution in [1.29, 1.82) is 0 Å². The Hall–Kier alpha value is -3.39. The summed E-state index contributed by atoms with van der Waals surface area (Å²) < 4.78 is 10.6. The average Bonchev–Trinajstić information content (AvgIpc) is 3.12. The second-order valence-electron chi connectivity index (χ2n) is 7.71. The number of fused-ring (bicyclic) bond motifs is 3. The molecule has 0 spiro atoms. The number of carboxylic acid groups (broad SMARTS) is 1. The quantitative estimate of drug-likeness (QED) is 0.589. The van der Waals surface area contributed by atoms with Gasteiger partial charge in [0, 0.05) is 39.6 Å². The van der Waals surface area contributed by atoms with Crippen molar-refractivity contribution < 1.29 is 29.0 Å². The minimum atomic E-state index is -0.998. The Morgan fingerprint density at radius 3 is 2.22 bits per heavy atom. The Labute approximate surface area is 187 Å². The Kier molecular flexibility index (Phi) is 7.83. The zero-order chi connectivity index (χ0) is 23.1. The van der Waals surface area contributed by atoms with Crippen LogP contribution in [0.4, 0.5) is 4.79 Å². The minimum absolute atomic E-state index is 0.0457. The third-order valence-corrected chi connectivity index (χ3v) is 5.58. The first-order valence-electron chi connectivity index (χ1n) is 10.5. The molecule has 2 N–H and O–H groups in total. The molecular formula is C24H28N2O6. The number of rotatable bonds is 10. The number of alkyl carbamates (subject to hydrolysis) is 1. The van der Waals surface area contributed by atoms with E-state index in [1.54, 1.807) is 0 Å². The summed E-state index contributed by atoms with van der Waals surface area (Å²) in [5, 5.41) is 11.4. The first-order valence-corrected chi connectivity index (χ1v) is 10.5. The van der Waals surface area contributed by atoms with Crippen LogP contribution < -0.4 is 5.32 Å². The van der Waals surface area contributed by atoms with Crippen LogP contribution in [0.15, 0.2) is 48.5 Å². The van der Waals surface area contributed by atoms with Gasteiger partial charge in [-0.25, -0.2) is 4.79 Å². The van der Waals surface area contributed by atoms with Crippen molar-refractivity contribution in [3.8, 4) is 11.1 Å². The molecule has 1 aliphatic carbocycles. The van der Waals surface area contributed by atoms with Crippen LogP contribution in [-0.2, 0) is 19.1 Å². The predicted octanol–water partition coefficient (Wildman–Crippen LogP) is 2.86. The van der Waals surface area contributed by atoms with Crippen LogP contribution in [-0.4, -0.2) is 67.9 Å². The lowest BCUT2D eigenvalue weighted by atomic mass is 9.98. The van der Waals surface area contributed by atoms with Gasteiger partial charge >= 0.3 is 12.1 Å². The topological polar surface area (TPSA) is 105 Å². The first-order chi connectivity index (χ1) is 15.4. The van der Waals surface area contributed by atoms with Crippen LogP contribution >= 0.6 is 0 Å². The van der Waals surface area contributed by atoms with E-state index < -0.39 is 24.0 Å². The van der Waals surface area contributed by atoms with Gasteiger partial charge in [0.25, 0.3) is 0 Å². The summed E-state index contributed by atoms with van der Waals surface area (Å²) in [5.74, 6) is -1.47. The summed E-state index contributed by atoms with van der Waals surface area (Å²) in [6, 6.07) is 15.2. The van der Waals surface area contributed by atoms with E-state index in [9.17, 15) is 14.4 Å². The van der Waals surface area contributed by atoms with E-state index in [0.717, 1.165) is 22.3 Å². The van der Waals surface area contributed by atoms with E-state index in [0.29, 0.717) is 0 Å². The van der Waals surface area contributed by atoms with Crippen molar-refractivity contribution in [2.75, 3.05) is 33.9 Å². The van der Waals surface area contributed by atoms with Gasteiger partial charge in [0.1, 0.15) is 12.6 Å².